The third-order valence-electron chi connectivity index (χ3n) is 2.30. The molecule has 0 bridgehead atoms. The second-order valence-corrected chi connectivity index (χ2v) is 3.88. The van der Waals surface area contributed by atoms with Gasteiger partial charge in [-0.2, -0.15) is 0 Å². The summed E-state index contributed by atoms with van der Waals surface area (Å²) in [5.41, 5.74) is 0.373. The molecule has 1 aromatic heterocycles. The lowest BCUT2D eigenvalue weighted by Gasteiger charge is -2.12. The van der Waals surface area contributed by atoms with Crippen molar-refractivity contribution in [1.29, 1.82) is 0 Å². The predicted octanol–water partition coefficient (Wildman–Crippen LogP) is 1.45. The van der Waals surface area contributed by atoms with Gasteiger partial charge in [-0.3, -0.25) is 14.6 Å². The van der Waals surface area contributed by atoms with Gasteiger partial charge in [0.15, 0.2) is 0 Å². The van der Waals surface area contributed by atoms with Gasteiger partial charge in [-0.05, 0) is 31.9 Å². The maximum absolute atomic E-state index is 11.7. The van der Waals surface area contributed by atoms with Crippen molar-refractivity contribution >= 4 is 11.9 Å². The number of carboxylic acid groups (broad SMARTS) is 1. The molecule has 0 saturated carbocycles. The Kier molecular flexibility index (Phi) is 5.13. The Bertz CT molecular complexity index is 379. The summed E-state index contributed by atoms with van der Waals surface area (Å²) in [4.78, 5) is 25.9. The molecule has 5 heteroatoms. The molecule has 1 heterocycles. The molecular weight excluding hydrogens is 220 g/mol. The molecule has 0 saturated heterocycles. The zero-order chi connectivity index (χ0) is 12.7. The van der Waals surface area contributed by atoms with Crippen molar-refractivity contribution in [1.82, 2.24) is 10.3 Å². The highest BCUT2D eigenvalue weighted by Crippen LogP contribution is 2.02. The third-order valence-corrected chi connectivity index (χ3v) is 2.30. The number of aliphatic carboxylic acids is 1. The summed E-state index contributed by atoms with van der Waals surface area (Å²) in [7, 11) is 0. The van der Waals surface area contributed by atoms with Gasteiger partial charge in [0, 0.05) is 18.7 Å². The van der Waals surface area contributed by atoms with Crippen LogP contribution in [0.5, 0.6) is 0 Å². The summed E-state index contributed by atoms with van der Waals surface area (Å²) >= 11 is 0. The van der Waals surface area contributed by atoms with Crippen LogP contribution < -0.4 is 5.32 Å². The molecular formula is C12H16N2O3. The molecule has 0 fully saturated rings. The first kappa shape index (κ1) is 13.2. The maximum Gasteiger partial charge on any atom is 0.303 e. The van der Waals surface area contributed by atoms with Crippen LogP contribution in [0.25, 0.3) is 0 Å². The van der Waals surface area contributed by atoms with E-state index in [1.54, 1.807) is 24.4 Å². The van der Waals surface area contributed by atoms with Crippen LogP contribution in [0.15, 0.2) is 24.4 Å². The number of amides is 1. The molecule has 1 amide bonds. The molecule has 17 heavy (non-hydrogen) atoms. The van der Waals surface area contributed by atoms with Crippen LogP contribution in [0.2, 0.25) is 0 Å². The van der Waals surface area contributed by atoms with Gasteiger partial charge in [0.2, 0.25) is 0 Å². The SMILES string of the molecule is CC(CCCC(=O)O)NC(=O)c1ccccn1. The van der Waals surface area contributed by atoms with Crippen LogP contribution in [-0.4, -0.2) is 28.0 Å². The molecule has 1 unspecified atom stereocenters. The Hall–Kier alpha value is -1.91. The number of hydrogen-bond donors (Lipinski definition) is 2. The van der Waals surface area contributed by atoms with Gasteiger partial charge in [-0.15, -0.1) is 0 Å². The minimum atomic E-state index is -0.812. The van der Waals surface area contributed by atoms with Crippen molar-refractivity contribution in [3.05, 3.63) is 30.1 Å². The molecule has 0 aliphatic rings. The number of pyridine rings is 1. The minimum absolute atomic E-state index is 0.0520. The number of carboxylic acids is 1. The summed E-state index contributed by atoms with van der Waals surface area (Å²) < 4.78 is 0. The molecule has 92 valence electrons. The fraction of sp³-hybridized carbons (Fsp3) is 0.417. The summed E-state index contributed by atoms with van der Waals surface area (Å²) in [6.45, 7) is 1.85. The highest BCUT2D eigenvalue weighted by Gasteiger charge is 2.10. The van der Waals surface area contributed by atoms with E-state index in [4.69, 9.17) is 5.11 Å². The fourth-order valence-electron chi connectivity index (χ4n) is 1.43. The van der Waals surface area contributed by atoms with Gasteiger partial charge in [0.1, 0.15) is 5.69 Å². The Morgan fingerprint density at radius 3 is 2.82 bits per heavy atom. The number of nitrogens with zero attached hydrogens (tertiary/aromatic N) is 1. The summed E-state index contributed by atoms with van der Waals surface area (Å²) in [6, 6.07) is 5.08. The molecule has 0 aliphatic heterocycles. The van der Waals surface area contributed by atoms with E-state index in [1.807, 2.05) is 6.92 Å². The Labute approximate surface area is 99.9 Å². The summed E-state index contributed by atoms with van der Waals surface area (Å²) in [5.74, 6) is -1.04. The largest absolute Gasteiger partial charge is 0.481 e. The van der Waals surface area contributed by atoms with Crippen LogP contribution in [0.1, 0.15) is 36.7 Å². The average molecular weight is 236 g/mol. The van der Waals surface area contributed by atoms with Crippen LogP contribution in [-0.2, 0) is 4.79 Å². The van der Waals surface area contributed by atoms with E-state index in [2.05, 4.69) is 10.3 Å². The van der Waals surface area contributed by atoms with Gasteiger partial charge in [0.25, 0.3) is 5.91 Å². The van der Waals surface area contributed by atoms with Gasteiger partial charge in [0.05, 0.1) is 0 Å². The zero-order valence-corrected chi connectivity index (χ0v) is 9.72. The van der Waals surface area contributed by atoms with E-state index in [0.717, 1.165) is 0 Å². The van der Waals surface area contributed by atoms with Gasteiger partial charge < -0.3 is 10.4 Å². The number of carbonyl (C=O) groups excluding carboxylic acids is 1. The van der Waals surface area contributed by atoms with E-state index in [0.29, 0.717) is 18.5 Å². The van der Waals surface area contributed by atoms with Crippen molar-refractivity contribution in [3.8, 4) is 0 Å². The molecule has 0 radical (unpaired) electrons. The lowest BCUT2D eigenvalue weighted by molar-refractivity contribution is -0.137. The fourth-order valence-corrected chi connectivity index (χ4v) is 1.43. The van der Waals surface area contributed by atoms with Crippen LogP contribution in [0.4, 0.5) is 0 Å². The first-order valence-corrected chi connectivity index (χ1v) is 5.53. The lowest BCUT2D eigenvalue weighted by atomic mass is 10.1. The quantitative estimate of drug-likeness (QED) is 0.783. The van der Waals surface area contributed by atoms with Gasteiger partial charge >= 0.3 is 5.97 Å². The first-order chi connectivity index (χ1) is 8.09. The molecule has 1 rings (SSSR count). The Morgan fingerprint density at radius 2 is 2.24 bits per heavy atom. The van der Waals surface area contributed by atoms with Crippen LogP contribution in [0, 0.1) is 0 Å². The maximum atomic E-state index is 11.7. The standard InChI is InChI=1S/C12H16N2O3/c1-9(5-4-7-11(15)16)14-12(17)10-6-2-3-8-13-10/h2-3,6,8-9H,4-5,7H2,1H3,(H,14,17)(H,15,16). The lowest BCUT2D eigenvalue weighted by Crippen LogP contribution is -2.33. The minimum Gasteiger partial charge on any atom is -0.481 e. The average Bonchev–Trinajstić information content (AvgIpc) is 2.29. The van der Waals surface area contributed by atoms with Crippen molar-refractivity contribution < 1.29 is 14.7 Å². The highest BCUT2D eigenvalue weighted by atomic mass is 16.4. The van der Waals surface area contributed by atoms with E-state index in [-0.39, 0.29) is 18.4 Å². The first-order valence-electron chi connectivity index (χ1n) is 5.53. The number of carbonyl (C=O) groups is 2. The predicted molar refractivity (Wildman–Crippen MR) is 62.7 cm³/mol. The van der Waals surface area contributed by atoms with Crippen molar-refractivity contribution in [3.63, 3.8) is 0 Å². The number of aromatic nitrogens is 1. The van der Waals surface area contributed by atoms with Crippen LogP contribution >= 0.6 is 0 Å². The number of hydrogen-bond acceptors (Lipinski definition) is 3. The Balaban J connectivity index is 2.34. The number of rotatable bonds is 6. The molecule has 5 nitrogen and oxygen atoms in total. The molecule has 1 atom stereocenters. The normalized spacial score (nSPS) is 11.8. The third kappa shape index (κ3) is 5.10. The molecule has 0 aliphatic carbocycles. The second kappa shape index (κ2) is 6.62. The molecule has 2 N–H and O–H groups in total. The second-order valence-electron chi connectivity index (χ2n) is 3.88. The monoisotopic (exact) mass is 236 g/mol. The smallest absolute Gasteiger partial charge is 0.303 e. The zero-order valence-electron chi connectivity index (χ0n) is 9.72. The molecule has 0 aromatic carbocycles. The summed E-state index contributed by atoms with van der Waals surface area (Å²) in [6.07, 6.45) is 2.89. The molecule has 0 spiro atoms. The van der Waals surface area contributed by atoms with Crippen molar-refractivity contribution in [2.75, 3.05) is 0 Å². The van der Waals surface area contributed by atoms with Crippen molar-refractivity contribution in [2.45, 2.75) is 32.2 Å². The van der Waals surface area contributed by atoms with E-state index in [9.17, 15) is 9.59 Å². The van der Waals surface area contributed by atoms with Gasteiger partial charge in [-0.1, -0.05) is 6.07 Å². The van der Waals surface area contributed by atoms with E-state index >= 15 is 0 Å². The van der Waals surface area contributed by atoms with E-state index in [1.165, 1.54) is 0 Å². The molecule has 1 aromatic rings. The van der Waals surface area contributed by atoms with Crippen molar-refractivity contribution in [2.24, 2.45) is 0 Å². The number of nitrogens with one attached hydrogen (secondary N) is 1. The van der Waals surface area contributed by atoms with Crippen LogP contribution in [0.3, 0.4) is 0 Å². The van der Waals surface area contributed by atoms with Gasteiger partial charge in [-0.25, -0.2) is 0 Å². The Morgan fingerprint density at radius 1 is 1.47 bits per heavy atom. The topological polar surface area (TPSA) is 79.3 Å². The highest BCUT2D eigenvalue weighted by molar-refractivity contribution is 5.92. The van der Waals surface area contributed by atoms with E-state index < -0.39 is 5.97 Å². The summed E-state index contributed by atoms with van der Waals surface area (Å²) in [5, 5.41) is 11.3.